The van der Waals surface area contributed by atoms with E-state index in [9.17, 15) is 5.26 Å². The van der Waals surface area contributed by atoms with Crippen molar-refractivity contribution >= 4 is 56.8 Å². The van der Waals surface area contributed by atoms with E-state index in [1.165, 1.54) is 4.88 Å². The molecular weight excluding hydrogens is 525 g/mol. The number of nitrogens with zero attached hydrogens (tertiary/aromatic N) is 4. The van der Waals surface area contributed by atoms with Crippen molar-refractivity contribution in [2.24, 2.45) is 0 Å². The summed E-state index contributed by atoms with van der Waals surface area (Å²) in [5.74, 6) is 0.524. The molecule has 0 bridgehead atoms. The molecule has 1 aliphatic heterocycles. The molecule has 0 saturated carbocycles. The molecule has 0 radical (unpaired) electrons. The Bertz CT molecular complexity index is 1470. The number of hydrogen-bond donors (Lipinski definition) is 1. The molecule has 1 N–H and O–H groups in total. The van der Waals surface area contributed by atoms with Gasteiger partial charge in [0.1, 0.15) is 11.8 Å². The van der Waals surface area contributed by atoms with Crippen LogP contribution in [0.3, 0.4) is 0 Å². The van der Waals surface area contributed by atoms with Gasteiger partial charge in [0.05, 0.1) is 39.6 Å². The first-order valence-corrected chi connectivity index (χ1v) is 13.8. The zero-order chi connectivity index (χ0) is 25.9. The molecule has 9 heteroatoms. The molecule has 0 unspecified atom stereocenters. The number of aromatic nitrogens is 1. The summed E-state index contributed by atoms with van der Waals surface area (Å²) in [5.41, 5.74) is 4.86. The van der Waals surface area contributed by atoms with Crippen molar-refractivity contribution in [1.82, 2.24) is 14.8 Å². The highest BCUT2D eigenvalue weighted by atomic mass is 35.5. The number of halogens is 2. The number of likely N-dealkylation sites (N-methyl/N-ethyl adjacent to an activating group) is 1. The van der Waals surface area contributed by atoms with Crippen molar-refractivity contribution in [3.8, 4) is 22.9 Å². The molecule has 1 aliphatic rings. The van der Waals surface area contributed by atoms with Crippen LogP contribution in [0.1, 0.15) is 17.4 Å². The second-order valence-electron chi connectivity index (χ2n) is 9.00. The monoisotopic (exact) mass is 551 g/mol. The van der Waals surface area contributed by atoms with Gasteiger partial charge in [0, 0.05) is 60.8 Å². The molecule has 3 heterocycles. The van der Waals surface area contributed by atoms with E-state index in [4.69, 9.17) is 27.9 Å². The number of nitriles is 1. The Morgan fingerprint density at radius 2 is 1.86 bits per heavy atom. The lowest BCUT2D eigenvalue weighted by Gasteiger charge is -2.33. The zero-order valence-electron chi connectivity index (χ0n) is 20.7. The van der Waals surface area contributed by atoms with E-state index < -0.39 is 0 Å². The summed E-state index contributed by atoms with van der Waals surface area (Å²) in [7, 11) is 1.57. The molecule has 0 spiro atoms. The van der Waals surface area contributed by atoms with Crippen molar-refractivity contribution in [2.45, 2.75) is 13.5 Å². The fourth-order valence-electron chi connectivity index (χ4n) is 4.63. The summed E-state index contributed by atoms with van der Waals surface area (Å²) in [6, 6.07) is 13.8. The summed E-state index contributed by atoms with van der Waals surface area (Å²) >= 11 is 14.6. The number of methoxy groups -OCH3 is 1. The van der Waals surface area contributed by atoms with E-state index >= 15 is 0 Å². The average molecular weight is 553 g/mol. The molecular formula is C28H27Cl2N5OS. The first-order valence-electron chi connectivity index (χ1n) is 12.1. The number of benzene rings is 2. The Labute approximate surface area is 231 Å². The van der Waals surface area contributed by atoms with Crippen molar-refractivity contribution in [3.05, 3.63) is 68.5 Å². The van der Waals surface area contributed by atoms with Gasteiger partial charge >= 0.3 is 0 Å². The smallest absolute Gasteiger partial charge is 0.139 e. The molecule has 2 aromatic heterocycles. The Kier molecular flexibility index (Phi) is 7.84. The summed E-state index contributed by atoms with van der Waals surface area (Å²) < 4.78 is 5.41. The second-order valence-corrected chi connectivity index (χ2v) is 10.8. The predicted molar refractivity (Wildman–Crippen MR) is 153 cm³/mol. The van der Waals surface area contributed by atoms with Gasteiger partial charge in [-0.3, -0.25) is 9.88 Å². The molecule has 0 atom stereocenters. The number of nitrogens with one attached hydrogen (secondary N) is 1. The van der Waals surface area contributed by atoms with Crippen LogP contribution in [0.2, 0.25) is 10.0 Å². The van der Waals surface area contributed by atoms with Crippen molar-refractivity contribution in [1.29, 1.82) is 5.26 Å². The van der Waals surface area contributed by atoms with Crippen LogP contribution in [0.5, 0.6) is 5.75 Å². The molecule has 2 aromatic carbocycles. The normalized spacial score (nSPS) is 14.6. The van der Waals surface area contributed by atoms with E-state index in [1.807, 2.05) is 12.1 Å². The lowest BCUT2D eigenvalue weighted by molar-refractivity contribution is 0.133. The largest absolute Gasteiger partial charge is 0.495 e. The molecule has 37 heavy (non-hydrogen) atoms. The number of pyridine rings is 1. The number of anilines is 2. The van der Waals surface area contributed by atoms with Crippen LogP contribution in [0.4, 0.5) is 11.4 Å². The highest BCUT2D eigenvalue weighted by molar-refractivity contribution is 7.10. The highest BCUT2D eigenvalue weighted by Gasteiger charge is 2.19. The predicted octanol–water partition coefficient (Wildman–Crippen LogP) is 7.03. The number of hydrogen-bond acceptors (Lipinski definition) is 7. The van der Waals surface area contributed by atoms with Crippen LogP contribution in [0.15, 0.2) is 48.0 Å². The molecule has 4 aromatic rings. The highest BCUT2D eigenvalue weighted by Crippen LogP contribution is 2.41. The van der Waals surface area contributed by atoms with Crippen molar-refractivity contribution < 1.29 is 4.74 Å². The van der Waals surface area contributed by atoms with Crippen LogP contribution >= 0.6 is 34.5 Å². The maximum Gasteiger partial charge on any atom is 0.139 e. The van der Waals surface area contributed by atoms with Gasteiger partial charge in [-0.15, -0.1) is 11.3 Å². The summed E-state index contributed by atoms with van der Waals surface area (Å²) in [5, 5.41) is 16.8. The summed E-state index contributed by atoms with van der Waals surface area (Å²) in [4.78, 5) is 11.0. The average Bonchev–Trinajstić information content (AvgIpc) is 3.38. The van der Waals surface area contributed by atoms with Gasteiger partial charge in [-0.1, -0.05) is 42.3 Å². The lowest BCUT2D eigenvalue weighted by Crippen LogP contribution is -2.45. The third-order valence-corrected chi connectivity index (χ3v) is 8.27. The maximum absolute atomic E-state index is 9.37. The maximum atomic E-state index is 9.37. The van der Waals surface area contributed by atoms with Gasteiger partial charge < -0.3 is 15.0 Å². The Balaban J connectivity index is 1.52. The third kappa shape index (κ3) is 5.54. The lowest BCUT2D eigenvalue weighted by atomic mass is 10.0. The van der Waals surface area contributed by atoms with E-state index in [1.54, 1.807) is 36.8 Å². The van der Waals surface area contributed by atoms with Crippen LogP contribution in [-0.2, 0) is 6.54 Å². The summed E-state index contributed by atoms with van der Waals surface area (Å²) in [6.07, 6.45) is 1.59. The Morgan fingerprint density at radius 1 is 1.08 bits per heavy atom. The first-order chi connectivity index (χ1) is 18.0. The Hall–Kier alpha value is -2.86. The number of fused-ring (bicyclic) bond motifs is 1. The van der Waals surface area contributed by atoms with Crippen molar-refractivity contribution in [3.63, 3.8) is 0 Å². The second kappa shape index (κ2) is 11.3. The molecule has 5 rings (SSSR count). The Morgan fingerprint density at radius 3 is 2.59 bits per heavy atom. The standard InChI is InChI=1S/C28H27Cl2N5OS/c1-3-34-6-8-35(9-7-34)16-21-11-20(17-37-21)22-5-4-19-10-18(14-31)15-32-27(19)28(22)33-25-13-26(36-2)24(30)12-23(25)29/h4-5,10-13,15,17,33H,3,6-9,16H2,1-2H3. The van der Waals surface area contributed by atoms with E-state index in [-0.39, 0.29) is 0 Å². The van der Waals surface area contributed by atoms with Crippen LogP contribution in [0.25, 0.3) is 22.0 Å². The molecule has 0 amide bonds. The minimum absolute atomic E-state index is 0.440. The number of rotatable bonds is 7. The molecule has 1 fully saturated rings. The van der Waals surface area contributed by atoms with Gasteiger partial charge in [-0.2, -0.15) is 5.26 Å². The van der Waals surface area contributed by atoms with Crippen LogP contribution < -0.4 is 10.1 Å². The quantitative estimate of drug-likeness (QED) is 0.266. The SMILES string of the molecule is CCN1CCN(Cc2cc(-c3ccc4cc(C#N)cnc4c3Nc3cc(OC)c(Cl)cc3Cl)cs2)CC1. The van der Waals surface area contributed by atoms with Gasteiger partial charge in [0.2, 0.25) is 0 Å². The zero-order valence-corrected chi connectivity index (χ0v) is 23.1. The number of thiophene rings is 1. The van der Waals surface area contributed by atoms with Gasteiger partial charge in [0.25, 0.3) is 0 Å². The van der Waals surface area contributed by atoms with Crippen molar-refractivity contribution in [2.75, 3.05) is 45.2 Å². The molecule has 0 aliphatic carbocycles. The number of piperazine rings is 1. The van der Waals surface area contributed by atoms with Crippen LogP contribution in [-0.4, -0.2) is 54.6 Å². The number of ether oxygens (including phenoxy) is 1. The third-order valence-electron chi connectivity index (χ3n) is 6.74. The van der Waals surface area contributed by atoms with Gasteiger partial charge in [0.15, 0.2) is 0 Å². The molecule has 6 nitrogen and oxygen atoms in total. The summed E-state index contributed by atoms with van der Waals surface area (Å²) in [6.45, 7) is 8.70. The minimum Gasteiger partial charge on any atom is -0.495 e. The van der Waals surface area contributed by atoms with E-state index in [0.717, 1.165) is 67.0 Å². The molecule has 1 saturated heterocycles. The minimum atomic E-state index is 0.440. The van der Waals surface area contributed by atoms with E-state index in [2.05, 4.69) is 50.6 Å². The van der Waals surface area contributed by atoms with Gasteiger partial charge in [-0.05, 0) is 35.7 Å². The van der Waals surface area contributed by atoms with Crippen LogP contribution in [0, 0.1) is 11.3 Å². The first kappa shape index (κ1) is 25.8. The molecule has 190 valence electrons. The topological polar surface area (TPSA) is 64.4 Å². The fourth-order valence-corrected chi connectivity index (χ4v) is 6.07. The fraction of sp³-hybridized carbons (Fsp3) is 0.286. The van der Waals surface area contributed by atoms with E-state index in [0.29, 0.717) is 27.0 Å². The van der Waals surface area contributed by atoms with Gasteiger partial charge in [-0.25, -0.2) is 0 Å².